The number of hydrogen-bond acceptors (Lipinski definition) is 6. The number of piperazine rings is 1. The van der Waals surface area contributed by atoms with E-state index in [0.29, 0.717) is 48.7 Å². The van der Waals surface area contributed by atoms with Crippen molar-refractivity contribution in [2.75, 3.05) is 32.8 Å². The second-order valence-electron chi connectivity index (χ2n) is 8.13. The molecule has 0 saturated carbocycles. The summed E-state index contributed by atoms with van der Waals surface area (Å²) in [7, 11) is 0. The van der Waals surface area contributed by atoms with Crippen molar-refractivity contribution in [2.45, 2.75) is 25.9 Å². The first-order valence-corrected chi connectivity index (χ1v) is 11.7. The molecule has 3 aromatic rings. The van der Waals surface area contributed by atoms with Crippen LogP contribution in [0.4, 0.5) is 0 Å². The molecule has 1 aliphatic rings. The standard InChI is InChI=1S/C25H27ClN4O4/c1-2-34-25(33)23(18-7-9-19(26)10-8-18)29-15-13-28(14-16-29)22(31)11-12-30-17-27-21-6-4-3-5-20(21)24(30)32/h3-10,17,23H,2,11-16H2,1H3/t23-/m0/s1. The number of carbonyl (C=O) groups is 2. The Morgan fingerprint density at radius 3 is 2.47 bits per heavy atom. The molecule has 0 aliphatic carbocycles. The molecular formula is C25H27ClN4O4. The van der Waals surface area contributed by atoms with Crippen molar-refractivity contribution in [3.63, 3.8) is 0 Å². The van der Waals surface area contributed by atoms with Crippen molar-refractivity contribution in [2.24, 2.45) is 0 Å². The van der Waals surface area contributed by atoms with Crippen molar-refractivity contribution in [1.29, 1.82) is 0 Å². The predicted octanol–water partition coefficient (Wildman–Crippen LogP) is 2.89. The maximum absolute atomic E-state index is 12.8. The topological polar surface area (TPSA) is 84.7 Å². The lowest BCUT2D eigenvalue weighted by atomic mass is 10.0. The minimum absolute atomic E-state index is 0.0288. The first-order chi connectivity index (χ1) is 16.5. The summed E-state index contributed by atoms with van der Waals surface area (Å²) in [6, 6.07) is 13.8. The van der Waals surface area contributed by atoms with E-state index in [2.05, 4.69) is 4.98 Å². The number of benzene rings is 2. The molecule has 0 spiro atoms. The maximum atomic E-state index is 12.8. The Morgan fingerprint density at radius 1 is 1.06 bits per heavy atom. The SMILES string of the molecule is CCOC(=O)[C@H](c1ccc(Cl)cc1)N1CCN(C(=O)CCn2cnc3ccccc3c2=O)CC1. The van der Waals surface area contributed by atoms with Crippen molar-refractivity contribution >= 4 is 34.4 Å². The molecule has 1 amide bonds. The summed E-state index contributed by atoms with van der Waals surface area (Å²) in [4.78, 5) is 46.3. The molecular weight excluding hydrogens is 456 g/mol. The monoisotopic (exact) mass is 482 g/mol. The fourth-order valence-corrected chi connectivity index (χ4v) is 4.36. The van der Waals surface area contributed by atoms with Gasteiger partial charge in [-0.25, -0.2) is 9.78 Å². The Labute approximate surface area is 202 Å². The second-order valence-corrected chi connectivity index (χ2v) is 8.57. The smallest absolute Gasteiger partial charge is 0.328 e. The Bertz CT molecular complexity index is 1220. The zero-order valence-electron chi connectivity index (χ0n) is 19.0. The Kier molecular flexibility index (Phi) is 7.59. The molecule has 0 bridgehead atoms. The van der Waals surface area contributed by atoms with Gasteiger partial charge < -0.3 is 9.64 Å². The molecule has 0 radical (unpaired) electrons. The molecule has 1 aromatic heterocycles. The van der Waals surface area contributed by atoms with E-state index >= 15 is 0 Å². The van der Waals surface area contributed by atoms with Crippen LogP contribution in [-0.4, -0.2) is 64.0 Å². The molecule has 8 nitrogen and oxygen atoms in total. The van der Waals surface area contributed by atoms with E-state index in [1.807, 2.05) is 23.1 Å². The number of fused-ring (bicyclic) bond motifs is 1. The van der Waals surface area contributed by atoms with Gasteiger partial charge in [-0.05, 0) is 36.8 Å². The van der Waals surface area contributed by atoms with Crippen LogP contribution in [-0.2, 0) is 20.9 Å². The molecule has 9 heteroatoms. The third-order valence-corrected chi connectivity index (χ3v) is 6.28. The van der Waals surface area contributed by atoms with E-state index in [1.165, 1.54) is 10.9 Å². The summed E-state index contributed by atoms with van der Waals surface area (Å²) < 4.78 is 6.79. The van der Waals surface area contributed by atoms with Crippen LogP contribution in [0.2, 0.25) is 5.02 Å². The van der Waals surface area contributed by atoms with Gasteiger partial charge in [0.25, 0.3) is 5.56 Å². The molecule has 1 aliphatic heterocycles. The van der Waals surface area contributed by atoms with E-state index in [1.54, 1.807) is 42.2 Å². The summed E-state index contributed by atoms with van der Waals surface area (Å²) >= 11 is 6.01. The second kappa shape index (κ2) is 10.8. The molecule has 178 valence electrons. The highest BCUT2D eigenvalue weighted by molar-refractivity contribution is 6.30. The van der Waals surface area contributed by atoms with Crippen molar-refractivity contribution < 1.29 is 14.3 Å². The highest BCUT2D eigenvalue weighted by Gasteiger charge is 2.32. The number of esters is 1. The van der Waals surface area contributed by atoms with Crippen LogP contribution in [0.1, 0.15) is 24.9 Å². The van der Waals surface area contributed by atoms with Crippen LogP contribution in [0.5, 0.6) is 0 Å². The largest absolute Gasteiger partial charge is 0.465 e. The van der Waals surface area contributed by atoms with E-state index in [4.69, 9.17) is 16.3 Å². The molecule has 1 atom stereocenters. The predicted molar refractivity (Wildman–Crippen MR) is 130 cm³/mol. The Balaban J connectivity index is 1.38. The lowest BCUT2D eigenvalue weighted by Crippen LogP contribution is -2.51. The number of ether oxygens (including phenoxy) is 1. The zero-order chi connectivity index (χ0) is 24.1. The molecule has 2 heterocycles. The number of rotatable bonds is 7. The number of nitrogens with zero attached hydrogens (tertiary/aromatic N) is 4. The van der Waals surface area contributed by atoms with Gasteiger partial charge >= 0.3 is 5.97 Å². The number of hydrogen-bond donors (Lipinski definition) is 0. The first kappa shape index (κ1) is 23.9. The zero-order valence-corrected chi connectivity index (χ0v) is 19.8. The van der Waals surface area contributed by atoms with E-state index in [-0.39, 0.29) is 30.4 Å². The fraction of sp³-hybridized carbons (Fsp3) is 0.360. The Hall–Kier alpha value is -3.23. The number of aryl methyl sites for hydroxylation is 1. The molecule has 1 fully saturated rings. The summed E-state index contributed by atoms with van der Waals surface area (Å²) in [6.07, 6.45) is 1.70. The van der Waals surface area contributed by atoms with Crippen molar-refractivity contribution in [3.8, 4) is 0 Å². The first-order valence-electron chi connectivity index (χ1n) is 11.4. The summed E-state index contributed by atoms with van der Waals surface area (Å²) in [5.74, 6) is -0.341. The van der Waals surface area contributed by atoms with Gasteiger partial charge in [0.2, 0.25) is 5.91 Å². The van der Waals surface area contributed by atoms with Crippen molar-refractivity contribution in [1.82, 2.24) is 19.4 Å². The number of amides is 1. The minimum Gasteiger partial charge on any atom is -0.465 e. The molecule has 0 unspecified atom stereocenters. The van der Waals surface area contributed by atoms with Gasteiger partial charge in [0.05, 0.1) is 23.8 Å². The van der Waals surface area contributed by atoms with Crippen LogP contribution in [0.3, 0.4) is 0 Å². The van der Waals surface area contributed by atoms with Gasteiger partial charge in [0, 0.05) is 44.2 Å². The van der Waals surface area contributed by atoms with Crippen LogP contribution in [0, 0.1) is 0 Å². The summed E-state index contributed by atoms with van der Waals surface area (Å²) in [5.41, 5.74) is 1.30. The average Bonchev–Trinajstić information content (AvgIpc) is 2.85. The van der Waals surface area contributed by atoms with Gasteiger partial charge in [0.1, 0.15) is 6.04 Å². The highest BCUT2D eigenvalue weighted by atomic mass is 35.5. The lowest BCUT2D eigenvalue weighted by molar-refractivity contribution is -0.151. The van der Waals surface area contributed by atoms with Gasteiger partial charge in [-0.2, -0.15) is 0 Å². The van der Waals surface area contributed by atoms with Gasteiger partial charge in [-0.15, -0.1) is 0 Å². The number of carbonyl (C=O) groups excluding carboxylic acids is 2. The highest BCUT2D eigenvalue weighted by Crippen LogP contribution is 2.25. The third-order valence-electron chi connectivity index (χ3n) is 6.03. The molecule has 0 N–H and O–H groups in total. The van der Waals surface area contributed by atoms with Crippen LogP contribution >= 0.6 is 11.6 Å². The van der Waals surface area contributed by atoms with Crippen molar-refractivity contribution in [3.05, 3.63) is 75.8 Å². The average molecular weight is 483 g/mol. The van der Waals surface area contributed by atoms with E-state index in [0.717, 1.165) is 5.56 Å². The minimum atomic E-state index is -0.545. The van der Waals surface area contributed by atoms with E-state index in [9.17, 15) is 14.4 Å². The Morgan fingerprint density at radius 2 is 1.76 bits per heavy atom. The number of halogens is 1. The van der Waals surface area contributed by atoms with Gasteiger partial charge in [-0.3, -0.25) is 19.1 Å². The molecule has 2 aromatic carbocycles. The van der Waals surface area contributed by atoms with Crippen LogP contribution in [0.15, 0.2) is 59.7 Å². The van der Waals surface area contributed by atoms with Gasteiger partial charge in [-0.1, -0.05) is 35.9 Å². The normalized spacial score (nSPS) is 15.3. The summed E-state index contributed by atoms with van der Waals surface area (Å²) in [6.45, 7) is 4.41. The lowest BCUT2D eigenvalue weighted by Gasteiger charge is -2.38. The summed E-state index contributed by atoms with van der Waals surface area (Å²) in [5, 5.41) is 1.14. The maximum Gasteiger partial charge on any atom is 0.328 e. The molecule has 4 rings (SSSR count). The molecule has 34 heavy (non-hydrogen) atoms. The van der Waals surface area contributed by atoms with Gasteiger partial charge in [0.15, 0.2) is 0 Å². The number of para-hydroxylation sites is 1. The van der Waals surface area contributed by atoms with Crippen LogP contribution < -0.4 is 5.56 Å². The van der Waals surface area contributed by atoms with E-state index < -0.39 is 6.04 Å². The van der Waals surface area contributed by atoms with Crippen LogP contribution in [0.25, 0.3) is 10.9 Å². The quantitative estimate of drug-likeness (QED) is 0.481. The third kappa shape index (κ3) is 5.29. The number of aromatic nitrogens is 2. The fourth-order valence-electron chi connectivity index (χ4n) is 4.23. The molecule has 1 saturated heterocycles.